The molecule has 20 nitrogen and oxygen atoms in total. The van der Waals surface area contributed by atoms with Gasteiger partial charge in [0.15, 0.2) is 23.5 Å². The molecule has 20 heteroatoms. The first-order chi connectivity index (χ1) is 26.4. The molecular weight excluding hydrogens is 740 g/mol. The van der Waals surface area contributed by atoms with E-state index in [1.54, 1.807) is 0 Å². The number of aliphatic hydroxyl groups is 10. The van der Waals surface area contributed by atoms with E-state index in [4.69, 9.17) is 42.3 Å². The Balaban J connectivity index is 1.58. The van der Waals surface area contributed by atoms with Crippen LogP contribution in [0.5, 0.6) is 28.7 Å². The van der Waals surface area contributed by atoms with E-state index in [2.05, 4.69) is 0 Å². The van der Waals surface area contributed by atoms with Gasteiger partial charge in [-0.25, -0.2) is 0 Å². The Hall–Kier alpha value is -3.87. The number of hydrogen-bond donors (Lipinski definition) is 10. The van der Waals surface area contributed by atoms with Crippen LogP contribution in [0.4, 0.5) is 0 Å². The second kappa shape index (κ2) is 19.3. The molecule has 0 bridgehead atoms. The van der Waals surface area contributed by atoms with Gasteiger partial charge < -0.3 is 93.4 Å². The lowest BCUT2D eigenvalue weighted by molar-refractivity contribution is -0.318. The van der Waals surface area contributed by atoms with Gasteiger partial charge in [0.1, 0.15) is 91.6 Å². The van der Waals surface area contributed by atoms with E-state index < -0.39 is 85.8 Å². The maximum Gasteiger partial charge on any atom is 0.239 e. The van der Waals surface area contributed by atoms with Gasteiger partial charge in [0.2, 0.25) is 17.5 Å². The van der Waals surface area contributed by atoms with Gasteiger partial charge in [-0.05, 0) is 25.1 Å². The van der Waals surface area contributed by atoms with E-state index in [0.29, 0.717) is 0 Å². The monoisotopic (exact) mass is 786 g/mol. The first-order valence-corrected chi connectivity index (χ1v) is 17.3. The molecule has 1 aromatic heterocycles. The van der Waals surface area contributed by atoms with Gasteiger partial charge in [-0.3, -0.25) is 4.79 Å². The minimum absolute atomic E-state index is 0.0597. The average molecular weight is 787 g/mol. The smallest absolute Gasteiger partial charge is 0.239 e. The minimum Gasteiger partial charge on any atom is -0.491 e. The number of ether oxygens (including phenoxy) is 8. The van der Waals surface area contributed by atoms with E-state index in [-0.39, 0.29) is 91.5 Å². The number of rotatable bonds is 18. The highest BCUT2D eigenvalue weighted by molar-refractivity contribution is 5.89. The lowest BCUT2D eigenvalue weighted by Crippen LogP contribution is -2.61. The van der Waals surface area contributed by atoms with Gasteiger partial charge in [0.05, 0.1) is 39.1 Å². The van der Waals surface area contributed by atoms with Crippen molar-refractivity contribution in [1.29, 1.82) is 0 Å². The van der Waals surface area contributed by atoms with Gasteiger partial charge >= 0.3 is 0 Å². The van der Waals surface area contributed by atoms with Crippen LogP contribution in [0.3, 0.4) is 0 Å². The van der Waals surface area contributed by atoms with Crippen LogP contribution in [0.1, 0.15) is 6.92 Å². The summed E-state index contributed by atoms with van der Waals surface area (Å²) in [5.41, 5.74) is -0.906. The Labute approximate surface area is 312 Å². The Morgan fingerprint density at radius 1 is 0.636 bits per heavy atom. The topological polar surface area (TPSA) is 306 Å². The summed E-state index contributed by atoms with van der Waals surface area (Å²) in [7, 11) is 0. The third-order valence-corrected chi connectivity index (χ3v) is 8.64. The summed E-state index contributed by atoms with van der Waals surface area (Å²) in [6.07, 6.45) is -16.3. The molecule has 0 amide bonds. The highest BCUT2D eigenvalue weighted by atomic mass is 16.7. The second-order valence-corrected chi connectivity index (χ2v) is 12.5. The Morgan fingerprint density at radius 2 is 1.24 bits per heavy atom. The first-order valence-electron chi connectivity index (χ1n) is 17.3. The van der Waals surface area contributed by atoms with Crippen molar-refractivity contribution in [2.45, 2.75) is 68.3 Å². The fourth-order valence-electron chi connectivity index (χ4n) is 5.86. The molecule has 3 heterocycles. The molecule has 55 heavy (non-hydrogen) atoms. The van der Waals surface area contributed by atoms with E-state index in [1.165, 1.54) is 37.3 Å². The molecule has 5 rings (SSSR count). The van der Waals surface area contributed by atoms with E-state index >= 15 is 0 Å². The van der Waals surface area contributed by atoms with Gasteiger partial charge in [0, 0.05) is 17.7 Å². The van der Waals surface area contributed by atoms with Crippen molar-refractivity contribution in [2.75, 3.05) is 59.5 Å². The van der Waals surface area contributed by atoms with Crippen molar-refractivity contribution < 1.29 is 93.4 Å². The van der Waals surface area contributed by atoms with Crippen LogP contribution in [0.15, 0.2) is 39.5 Å². The van der Waals surface area contributed by atoms with Crippen LogP contribution in [-0.2, 0) is 14.2 Å². The summed E-state index contributed by atoms with van der Waals surface area (Å²) in [6, 6.07) is 6.91. The maximum atomic E-state index is 14.5. The van der Waals surface area contributed by atoms with Gasteiger partial charge in [-0.15, -0.1) is 0 Å². The molecule has 3 aromatic rings. The number of aliphatic hydroxyl groups excluding tert-OH is 10. The fraction of sp³-hybridized carbons (Fsp3) is 0.571. The van der Waals surface area contributed by atoms with Crippen LogP contribution < -0.4 is 29.1 Å². The van der Waals surface area contributed by atoms with Crippen molar-refractivity contribution in [3.05, 3.63) is 40.6 Å². The number of hydrogen-bond acceptors (Lipinski definition) is 20. The first kappa shape index (κ1) is 42.3. The molecular formula is C35H46O20. The van der Waals surface area contributed by atoms with Crippen molar-refractivity contribution in [2.24, 2.45) is 0 Å². The predicted molar refractivity (Wildman–Crippen MR) is 184 cm³/mol. The van der Waals surface area contributed by atoms with Crippen LogP contribution >= 0.6 is 0 Å². The van der Waals surface area contributed by atoms with E-state index in [0.717, 1.165) is 0 Å². The third-order valence-electron chi connectivity index (χ3n) is 8.64. The summed E-state index contributed by atoms with van der Waals surface area (Å²) in [5, 5.41) is 101. The van der Waals surface area contributed by atoms with Gasteiger partial charge in [0.25, 0.3) is 0 Å². The largest absolute Gasteiger partial charge is 0.491 e. The SMILES string of the molecule is C[C@@H]1O[C@@H](OC[C@H]2O[C@@H](Oc3c(-c4ccc(OCCO)c(OCCO)c4)oc4cc(OCCO)cc(OCCO)c4c3=O)[C@H](O)[C@@H](O)[C@@H]2O)[C@H](O)[C@H](O)[C@H]1O. The van der Waals surface area contributed by atoms with Crippen LogP contribution in [-0.4, -0.2) is 172 Å². The summed E-state index contributed by atoms with van der Waals surface area (Å²) >= 11 is 0. The van der Waals surface area contributed by atoms with Crippen molar-refractivity contribution in [3.8, 4) is 40.1 Å². The molecule has 2 aliphatic rings. The minimum atomic E-state index is -1.99. The molecule has 2 fully saturated rings. The van der Waals surface area contributed by atoms with Crippen molar-refractivity contribution in [1.82, 2.24) is 0 Å². The molecule has 2 saturated heterocycles. The van der Waals surface area contributed by atoms with E-state index in [1.807, 2.05) is 0 Å². The maximum absolute atomic E-state index is 14.5. The van der Waals surface area contributed by atoms with Crippen molar-refractivity contribution >= 4 is 11.0 Å². The molecule has 306 valence electrons. The molecule has 2 aromatic carbocycles. The molecule has 0 spiro atoms. The zero-order valence-corrected chi connectivity index (χ0v) is 29.6. The second-order valence-electron chi connectivity index (χ2n) is 12.5. The standard InChI is InChI=1S/C35H46O20/c1-16-25(40)28(43)30(45)34(52-16)51-15-23-26(41)29(44)31(46)35(54-23)55-33-27(42)24-21(50-11-7-39)13-18(47-8-4-36)14-22(24)53-32(33)17-2-3-19(48-9-5-37)20(12-17)49-10-6-38/h2-3,12-14,16,23,25-26,28-31,34-41,43-46H,4-11,15H2,1H3/t16-,23+,25-,26+,28+,29-,30+,31+,34+,35-/m0/s1. The Kier molecular flexibility index (Phi) is 14.9. The molecule has 0 saturated carbocycles. The normalized spacial score (nSPS) is 28.2. The number of fused-ring (bicyclic) bond motifs is 1. The lowest BCUT2D eigenvalue weighted by Gasteiger charge is -2.42. The Bertz CT molecular complexity index is 1750. The van der Waals surface area contributed by atoms with Crippen LogP contribution in [0.25, 0.3) is 22.3 Å². The van der Waals surface area contributed by atoms with Crippen molar-refractivity contribution in [3.63, 3.8) is 0 Å². The number of benzene rings is 2. The van der Waals surface area contributed by atoms with Crippen LogP contribution in [0, 0.1) is 0 Å². The zero-order chi connectivity index (χ0) is 39.8. The Morgan fingerprint density at radius 3 is 1.91 bits per heavy atom. The van der Waals surface area contributed by atoms with Gasteiger partial charge in [-0.2, -0.15) is 0 Å². The molecule has 10 atom stereocenters. The highest BCUT2D eigenvalue weighted by Crippen LogP contribution is 2.41. The predicted octanol–water partition coefficient (Wildman–Crippen LogP) is -3.03. The summed E-state index contributed by atoms with van der Waals surface area (Å²) in [6.45, 7) is -1.34. The average Bonchev–Trinajstić information content (AvgIpc) is 3.18. The zero-order valence-electron chi connectivity index (χ0n) is 29.6. The quantitative estimate of drug-likeness (QED) is 0.0613. The molecule has 2 aliphatic heterocycles. The van der Waals surface area contributed by atoms with E-state index in [9.17, 15) is 55.9 Å². The lowest BCUT2D eigenvalue weighted by atomic mass is 9.98. The highest BCUT2D eigenvalue weighted by Gasteiger charge is 2.48. The fourth-order valence-corrected chi connectivity index (χ4v) is 5.86. The molecule has 0 unspecified atom stereocenters. The van der Waals surface area contributed by atoms with Gasteiger partial charge in [-0.1, -0.05) is 0 Å². The molecule has 0 radical (unpaired) electrons. The third kappa shape index (κ3) is 9.57. The summed E-state index contributed by atoms with van der Waals surface area (Å²) in [5.74, 6) is -0.686. The van der Waals surface area contributed by atoms with Crippen LogP contribution in [0.2, 0.25) is 0 Å². The molecule has 10 N–H and O–H groups in total. The summed E-state index contributed by atoms with van der Waals surface area (Å²) < 4.78 is 51.4. The molecule has 0 aliphatic carbocycles. The summed E-state index contributed by atoms with van der Waals surface area (Å²) in [4.78, 5) is 14.5.